The Morgan fingerprint density at radius 3 is 1.14 bits per heavy atom. The van der Waals surface area contributed by atoms with Crippen molar-refractivity contribution in [3.8, 4) is 33.4 Å². The van der Waals surface area contributed by atoms with Crippen LogP contribution >= 0.6 is 0 Å². The molecule has 0 amide bonds. The first-order chi connectivity index (χ1) is 24.8. The van der Waals surface area contributed by atoms with Gasteiger partial charge in [-0.05, 0) is 112 Å². The van der Waals surface area contributed by atoms with Crippen molar-refractivity contribution in [2.45, 2.75) is 43.9 Å². The Hall–Kier alpha value is -5.72. The number of rotatable bonds is 2. The van der Waals surface area contributed by atoms with Crippen LogP contribution in [0.5, 0.6) is 0 Å². The average molecular weight is 651 g/mol. The zero-order chi connectivity index (χ0) is 34.3. The highest BCUT2D eigenvalue weighted by Crippen LogP contribution is 2.63. The lowest BCUT2D eigenvalue weighted by atomic mass is 9.66. The van der Waals surface area contributed by atoms with Crippen molar-refractivity contribution in [3.63, 3.8) is 0 Å². The fourth-order valence-corrected chi connectivity index (χ4v) is 10.5. The Labute approximate surface area is 300 Å². The molecule has 0 nitrogen and oxygen atoms in total. The van der Waals surface area contributed by atoms with Crippen LogP contribution in [0.2, 0.25) is 0 Å². The Morgan fingerprint density at radius 1 is 0.314 bits per heavy atom. The summed E-state index contributed by atoms with van der Waals surface area (Å²) in [5.41, 5.74) is 18.6. The second kappa shape index (κ2) is 9.74. The molecule has 0 radical (unpaired) electrons. The second-order valence-electron chi connectivity index (χ2n) is 16.0. The molecule has 0 heterocycles. The van der Waals surface area contributed by atoms with Crippen LogP contribution in [0.4, 0.5) is 0 Å². The van der Waals surface area contributed by atoms with Gasteiger partial charge in [0.2, 0.25) is 0 Å². The summed E-state index contributed by atoms with van der Waals surface area (Å²) in [6.07, 6.45) is 0. The van der Waals surface area contributed by atoms with Gasteiger partial charge in [-0.25, -0.2) is 0 Å². The summed E-state index contributed by atoms with van der Waals surface area (Å²) in [6.45, 7) is 9.69. The molecular weight excluding hydrogens is 613 g/mol. The van der Waals surface area contributed by atoms with Crippen LogP contribution in [0.25, 0.3) is 54.9 Å². The molecule has 0 aromatic heterocycles. The molecule has 3 aliphatic carbocycles. The fraction of sp³-hybridized carbons (Fsp3) is 0.137. The van der Waals surface area contributed by atoms with E-state index in [1.54, 1.807) is 0 Å². The van der Waals surface area contributed by atoms with Gasteiger partial charge in [0.05, 0.1) is 5.41 Å². The number of benzene rings is 8. The summed E-state index contributed by atoms with van der Waals surface area (Å²) in [5, 5.41) is 5.28. The predicted molar refractivity (Wildman–Crippen MR) is 214 cm³/mol. The van der Waals surface area contributed by atoms with Crippen molar-refractivity contribution >= 4 is 21.5 Å². The first kappa shape index (κ1) is 29.1. The van der Waals surface area contributed by atoms with Gasteiger partial charge in [-0.2, -0.15) is 0 Å². The number of hydrogen-bond acceptors (Lipinski definition) is 0. The van der Waals surface area contributed by atoms with Gasteiger partial charge in [0.25, 0.3) is 0 Å². The minimum Gasteiger partial charge on any atom is -0.0622 e. The van der Waals surface area contributed by atoms with E-state index in [1.807, 2.05) is 0 Å². The van der Waals surface area contributed by atoms with Gasteiger partial charge in [0, 0.05) is 10.8 Å². The Kier molecular flexibility index (Phi) is 5.55. The molecule has 0 heteroatoms. The average Bonchev–Trinajstić information content (AvgIpc) is 3.68. The highest BCUT2D eigenvalue weighted by atomic mass is 14.5. The zero-order valence-corrected chi connectivity index (χ0v) is 29.5. The normalized spacial score (nSPS) is 16.3. The first-order valence-corrected chi connectivity index (χ1v) is 18.4. The van der Waals surface area contributed by atoms with Crippen LogP contribution in [-0.2, 0) is 16.2 Å². The topological polar surface area (TPSA) is 0 Å². The van der Waals surface area contributed by atoms with E-state index in [9.17, 15) is 0 Å². The van der Waals surface area contributed by atoms with Crippen LogP contribution < -0.4 is 0 Å². The summed E-state index contributed by atoms with van der Waals surface area (Å²) in [6, 6.07) is 60.2. The van der Waals surface area contributed by atoms with Crippen LogP contribution in [0.1, 0.15) is 72.2 Å². The van der Waals surface area contributed by atoms with E-state index in [1.165, 1.54) is 99.4 Å². The zero-order valence-electron chi connectivity index (χ0n) is 29.5. The van der Waals surface area contributed by atoms with E-state index in [4.69, 9.17) is 0 Å². The predicted octanol–water partition coefficient (Wildman–Crippen LogP) is 13.0. The van der Waals surface area contributed by atoms with Gasteiger partial charge in [-0.3, -0.25) is 0 Å². The number of hydrogen-bond donors (Lipinski definition) is 0. The Morgan fingerprint density at radius 2 is 0.706 bits per heavy atom. The molecular formula is C51H38. The Balaban J connectivity index is 1.32. The van der Waals surface area contributed by atoms with Gasteiger partial charge in [-0.1, -0.05) is 173 Å². The standard InChI is InChI=1S/C51H38/c1-49(2)41-25-23-31-15-11-13-21-35(31)47(41)39-27-37-38-28-40-44(50(3,4)42-26-24-32-16-12-14-22-36(32)48(40)42)30-46(38)51(45(37)29-43(39)49,33-17-7-5-8-18-33)34-19-9-6-10-20-34/h5-30H,1-4H3. The molecule has 0 bridgehead atoms. The monoisotopic (exact) mass is 650 g/mol. The molecule has 0 saturated carbocycles. The minimum atomic E-state index is -0.475. The Bertz CT molecular complexity index is 2580. The SMILES string of the molecule is CC1(C)c2cc3c(cc2-c2c1ccc1ccccc21)-c1cc2c(cc1C3(c1ccccc1)c1ccccc1)C(C)(C)c1ccc3ccccc3c1-2. The molecule has 0 aliphatic heterocycles. The van der Waals surface area contributed by atoms with E-state index in [0.29, 0.717) is 0 Å². The van der Waals surface area contributed by atoms with Gasteiger partial charge in [-0.15, -0.1) is 0 Å². The molecule has 0 unspecified atom stereocenters. The quantitative estimate of drug-likeness (QED) is 0.175. The van der Waals surface area contributed by atoms with Crippen LogP contribution in [-0.4, -0.2) is 0 Å². The van der Waals surface area contributed by atoms with Crippen LogP contribution in [0.15, 0.2) is 158 Å². The molecule has 3 aliphatic rings. The molecule has 0 saturated heterocycles. The van der Waals surface area contributed by atoms with Crippen molar-refractivity contribution in [1.82, 2.24) is 0 Å². The second-order valence-corrected chi connectivity index (χ2v) is 16.0. The van der Waals surface area contributed by atoms with Crippen LogP contribution in [0.3, 0.4) is 0 Å². The lowest BCUT2D eigenvalue weighted by molar-refractivity contribution is 0.653. The maximum atomic E-state index is 2.61. The largest absolute Gasteiger partial charge is 0.0713 e. The van der Waals surface area contributed by atoms with Crippen molar-refractivity contribution in [1.29, 1.82) is 0 Å². The highest BCUT2D eigenvalue weighted by Gasteiger charge is 2.50. The van der Waals surface area contributed by atoms with E-state index in [0.717, 1.165) is 0 Å². The minimum absolute atomic E-state index is 0.140. The molecule has 242 valence electrons. The molecule has 0 spiro atoms. The summed E-state index contributed by atoms with van der Waals surface area (Å²) < 4.78 is 0. The van der Waals surface area contributed by atoms with Gasteiger partial charge >= 0.3 is 0 Å². The smallest absolute Gasteiger partial charge is 0.0622 e. The van der Waals surface area contributed by atoms with Crippen molar-refractivity contribution < 1.29 is 0 Å². The van der Waals surface area contributed by atoms with E-state index in [2.05, 4.69) is 185 Å². The molecule has 8 aromatic carbocycles. The summed E-state index contributed by atoms with van der Waals surface area (Å²) >= 11 is 0. The van der Waals surface area contributed by atoms with E-state index < -0.39 is 5.41 Å². The fourth-order valence-electron chi connectivity index (χ4n) is 10.5. The van der Waals surface area contributed by atoms with Gasteiger partial charge < -0.3 is 0 Å². The van der Waals surface area contributed by atoms with Crippen molar-refractivity contribution in [2.75, 3.05) is 0 Å². The molecule has 0 fully saturated rings. The third-order valence-electron chi connectivity index (χ3n) is 12.9. The third kappa shape index (κ3) is 3.50. The van der Waals surface area contributed by atoms with Crippen molar-refractivity contribution in [2.24, 2.45) is 0 Å². The molecule has 0 N–H and O–H groups in total. The third-order valence-corrected chi connectivity index (χ3v) is 12.9. The number of fused-ring (bicyclic) bond motifs is 13. The summed E-state index contributed by atoms with van der Waals surface area (Å²) in [5.74, 6) is 0. The maximum absolute atomic E-state index is 2.61. The molecule has 0 atom stereocenters. The highest BCUT2D eigenvalue weighted by molar-refractivity contribution is 6.07. The molecule has 11 rings (SSSR count). The van der Waals surface area contributed by atoms with Crippen molar-refractivity contribution in [3.05, 3.63) is 202 Å². The summed E-state index contributed by atoms with van der Waals surface area (Å²) in [7, 11) is 0. The summed E-state index contributed by atoms with van der Waals surface area (Å²) in [4.78, 5) is 0. The van der Waals surface area contributed by atoms with Gasteiger partial charge in [0.15, 0.2) is 0 Å². The first-order valence-electron chi connectivity index (χ1n) is 18.4. The van der Waals surface area contributed by atoms with Crippen LogP contribution in [0, 0.1) is 0 Å². The molecule has 8 aromatic rings. The maximum Gasteiger partial charge on any atom is 0.0713 e. The lowest BCUT2D eigenvalue weighted by Gasteiger charge is -2.35. The lowest BCUT2D eigenvalue weighted by Crippen LogP contribution is -2.29. The van der Waals surface area contributed by atoms with E-state index in [-0.39, 0.29) is 10.8 Å². The van der Waals surface area contributed by atoms with Gasteiger partial charge in [0.1, 0.15) is 0 Å². The van der Waals surface area contributed by atoms with E-state index >= 15 is 0 Å². The molecule has 51 heavy (non-hydrogen) atoms.